The minimum atomic E-state index is -0.277. The third-order valence-electron chi connectivity index (χ3n) is 0.693. The van der Waals surface area contributed by atoms with E-state index < -0.39 is 0 Å². The fourth-order valence-electron chi connectivity index (χ4n) is 0.223. The SMILES string of the molecule is CN(C)C(N)=NC(=N)N.[Pb]. The van der Waals surface area contributed by atoms with Crippen LogP contribution in [-0.2, 0) is 0 Å². The summed E-state index contributed by atoms with van der Waals surface area (Å²) in [5, 5.41) is 6.70. The van der Waals surface area contributed by atoms with Crippen LogP contribution in [0.15, 0.2) is 4.99 Å². The van der Waals surface area contributed by atoms with Crippen LogP contribution < -0.4 is 11.5 Å². The van der Waals surface area contributed by atoms with Gasteiger partial charge in [0.1, 0.15) is 0 Å². The standard InChI is InChI=1S/C4H11N5.Pb/c1-9(2)4(7)8-3(5)6;/h1-2H3,(H5,5,6,7,8);. The van der Waals surface area contributed by atoms with Gasteiger partial charge in [0.15, 0.2) is 5.96 Å². The zero-order valence-corrected chi connectivity index (χ0v) is 9.94. The molecule has 0 aromatic rings. The molecule has 0 aliphatic rings. The van der Waals surface area contributed by atoms with Crippen LogP contribution in [-0.4, -0.2) is 58.2 Å². The number of hydrogen-bond acceptors (Lipinski definition) is 1. The first-order valence-electron chi connectivity index (χ1n) is 2.39. The van der Waals surface area contributed by atoms with Gasteiger partial charge in [0, 0.05) is 41.4 Å². The molecule has 0 unspecified atom stereocenters. The van der Waals surface area contributed by atoms with Gasteiger partial charge >= 0.3 is 0 Å². The maximum Gasteiger partial charge on any atom is 0.215 e. The molecule has 0 saturated carbocycles. The summed E-state index contributed by atoms with van der Waals surface area (Å²) in [7, 11) is 3.45. The van der Waals surface area contributed by atoms with Gasteiger partial charge in [-0.25, -0.2) is 0 Å². The van der Waals surface area contributed by atoms with Crippen molar-refractivity contribution in [3.63, 3.8) is 0 Å². The van der Waals surface area contributed by atoms with Crippen LogP contribution in [0.2, 0.25) is 0 Å². The van der Waals surface area contributed by atoms with E-state index in [0.29, 0.717) is 0 Å². The normalized spacial score (nSPS) is 10.0. The van der Waals surface area contributed by atoms with Crippen LogP contribution in [0, 0.1) is 5.41 Å². The summed E-state index contributed by atoms with van der Waals surface area (Å²) in [4.78, 5) is 5.03. The average Bonchev–Trinajstić information content (AvgIpc) is 1.63. The molecule has 0 amide bonds. The molecule has 10 heavy (non-hydrogen) atoms. The van der Waals surface area contributed by atoms with Gasteiger partial charge in [0.05, 0.1) is 0 Å². The van der Waals surface area contributed by atoms with Crippen LogP contribution in [0.3, 0.4) is 0 Å². The quantitative estimate of drug-likeness (QED) is 0.282. The van der Waals surface area contributed by atoms with E-state index in [2.05, 4.69) is 4.99 Å². The number of guanidine groups is 2. The fourth-order valence-corrected chi connectivity index (χ4v) is 0.223. The summed E-state index contributed by atoms with van der Waals surface area (Å²) >= 11 is 0. The second-order valence-electron chi connectivity index (χ2n) is 1.75. The molecular formula is C4H11N5Pb. The number of rotatable bonds is 0. The predicted molar refractivity (Wildman–Crippen MR) is 43.0 cm³/mol. The first-order chi connectivity index (χ1) is 4.04. The fraction of sp³-hybridized carbons (Fsp3) is 0.500. The third-order valence-corrected chi connectivity index (χ3v) is 0.693. The van der Waals surface area contributed by atoms with Crippen LogP contribution in [0.4, 0.5) is 0 Å². The van der Waals surface area contributed by atoms with E-state index in [-0.39, 0.29) is 39.2 Å². The van der Waals surface area contributed by atoms with Gasteiger partial charge in [-0.1, -0.05) is 0 Å². The predicted octanol–water partition coefficient (Wildman–Crippen LogP) is -1.62. The number of nitrogens with two attached hydrogens (primary N) is 2. The molecule has 0 aliphatic heterocycles. The minimum Gasteiger partial charge on any atom is -0.369 e. The van der Waals surface area contributed by atoms with Crippen molar-refractivity contribution in [1.82, 2.24) is 4.90 Å². The van der Waals surface area contributed by atoms with Crippen molar-refractivity contribution in [1.29, 1.82) is 5.41 Å². The van der Waals surface area contributed by atoms with Crippen molar-refractivity contribution in [3.8, 4) is 0 Å². The molecule has 6 heteroatoms. The molecule has 0 saturated heterocycles. The zero-order valence-electron chi connectivity index (χ0n) is 6.05. The van der Waals surface area contributed by atoms with Crippen LogP contribution in [0.5, 0.6) is 0 Å². The van der Waals surface area contributed by atoms with Crippen molar-refractivity contribution in [2.45, 2.75) is 0 Å². The van der Waals surface area contributed by atoms with E-state index in [1.165, 1.54) is 0 Å². The second kappa shape index (κ2) is 5.45. The van der Waals surface area contributed by atoms with Gasteiger partial charge in [-0.3, -0.25) is 5.41 Å². The third kappa shape index (κ3) is 5.79. The van der Waals surface area contributed by atoms with Gasteiger partial charge in [-0.05, 0) is 0 Å². The molecular weight excluding hydrogens is 325 g/mol. The Morgan fingerprint density at radius 3 is 1.90 bits per heavy atom. The molecule has 0 fully saturated rings. The minimum absolute atomic E-state index is 0. The molecule has 4 radical (unpaired) electrons. The van der Waals surface area contributed by atoms with E-state index in [4.69, 9.17) is 16.9 Å². The summed E-state index contributed by atoms with van der Waals surface area (Å²) in [6.07, 6.45) is 0. The molecule has 0 atom stereocenters. The molecule has 0 spiro atoms. The van der Waals surface area contributed by atoms with Crippen molar-refractivity contribution in [2.24, 2.45) is 16.5 Å². The van der Waals surface area contributed by atoms with Gasteiger partial charge in [-0.2, -0.15) is 4.99 Å². The van der Waals surface area contributed by atoms with Crippen molar-refractivity contribution >= 4 is 39.2 Å². The number of hydrogen-bond donors (Lipinski definition) is 3. The maximum atomic E-state index is 6.70. The van der Waals surface area contributed by atoms with E-state index in [1.807, 2.05) is 0 Å². The van der Waals surface area contributed by atoms with E-state index in [1.54, 1.807) is 19.0 Å². The Morgan fingerprint density at radius 1 is 1.40 bits per heavy atom. The summed E-state index contributed by atoms with van der Waals surface area (Å²) < 4.78 is 0. The monoisotopic (exact) mass is 337 g/mol. The Morgan fingerprint density at radius 2 is 1.80 bits per heavy atom. The van der Waals surface area contributed by atoms with Crippen LogP contribution >= 0.6 is 0 Å². The van der Waals surface area contributed by atoms with Gasteiger partial charge in [-0.15, -0.1) is 0 Å². The molecule has 0 bridgehead atoms. The Balaban J connectivity index is 0. The molecule has 0 aromatic heterocycles. The molecule has 56 valence electrons. The van der Waals surface area contributed by atoms with Crippen molar-refractivity contribution < 1.29 is 0 Å². The molecule has 0 rings (SSSR count). The summed E-state index contributed by atoms with van der Waals surface area (Å²) in [5.41, 5.74) is 10.2. The summed E-state index contributed by atoms with van der Waals surface area (Å²) in [6.45, 7) is 0. The summed E-state index contributed by atoms with van der Waals surface area (Å²) in [5.74, 6) is -0.0382. The topological polar surface area (TPSA) is 91.5 Å². The molecule has 0 heterocycles. The Labute approximate surface area is 80.1 Å². The van der Waals surface area contributed by atoms with E-state index in [0.717, 1.165) is 0 Å². The smallest absolute Gasteiger partial charge is 0.215 e. The summed E-state index contributed by atoms with van der Waals surface area (Å²) in [6, 6.07) is 0. The van der Waals surface area contributed by atoms with Gasteiger partial charge in [0.25, 0.3) is 0 Å². The molecule has 0 aromatic carbocycles. The van der Waals surface area contributed by atoms with Crippen molar-refractivity contribution in [3.05, 3.63) is 0 Å². The Hall–Kier alpha value is -0.338. The Bertz CT molecular complexity index is 141. The largest absolute Gasteiger partial charge is 0.369 e. The van der Waals surface area contributed by atoms with Crippen LogP contribution in [0.1, 0.15) is 0 Å². The second-order valence-corrected chi connectivity index (χ2v) is 1.75. The van der Waals surface area contributed by atoms with Crippen LogP contribution in [0.25, 0.3) is 0 Å². The average molecular weight is 336 g/mol. The first kappa shape index (κ1) is 12.3. The number of aliphatic imine (C=N–C) groups is 1. The Kier molecular flexibility index (Phi) is 6.73. The van der Waals surface area contributed by atoms with Crippen molar-refractivity contribution in [2.75, 3.05) is 14.1 Å². The zero-order chi connectivity index (χ0) is 7.44. The van der Waals surface area contributed by atoms with Gasteiger partial charge in [0.2, 0.25) is 5.96 Å². The number of nitrogens with one attached hydrogen (secondary N) is 1. The van der Waals surface area contributed by atoms with Gasteiger partial charge < -0.3 is 16.4 Å². The molecule has 0 aliphatic carbocycles. The molecule has 5 nitrogen and oxygen atoms in total. The molecule has 5 N–H and O–H groups in total. The maximum absolute atomic E-state index is 6.70. The van der Waals surface area contributed by atoms with E-state index >= 15 is 0 Å². The van der Waals surface area contributed by atoms with E-state index in [9.17, 15) is 0 Å². The first-order valence-corrected chi connectivity index (χ1v) is 2.39. The number of nitrogens with zero attached hydrogens (tertiary/aromatic N) is 2.